The largest absolute Gasteiger partial charge is 0.494 e. The third-order valence-electron chi connectivity index (χ3n) is 6.46. The highest BCUT2D eigenvalue weighted by Crippen LogP contribution is 2.21. The van der Waals surface area contributed by atoms with Gasteiger partial charge in [0.15, 0.2) is 5.82 Å². The van der Waals surface area contributed by atoms with Crippen molar-refractivity contribution in [2.75, 3.05) is 26.4 Å². The molecule has 3 aromatic rings. The lowest BCUT2D eigenvalue weighted by Gasteiger charge is -2.25. The second kappa shape index (κ2) is 10.6. The normalized spacial score (nSPS) is 20.5. The van der Waals surface area contributed by atoms with Crippen LogP contribution in [0.3, 0.4) is 0 Å². The van der Waals surface area contributed by atoms with Crippen LogP contribution in [0.5, 0.6) is 5.75 Å². The lowest BCUT2D eigenvalue weighted by Crippen LogP contribution is -2.34. The molecule has 5 rings (SSSR count). The molecule has 0 bridgehead atoms. The number of nitrogens with one attached hydrogen (secondary N) is 1. The SMILES string of the molecule is CCOc1ccc2[nH]c(=O)c(CN(Cc3nnnn3C[C@@H]3CCCO3)C[C@@H]3CCCO3)cc2c1. The lowest BCUT2D eigenvalue weighted by atomic mass is 10.1. The first-order chi connectivity index (χ1) is 16.7. The molecule has 182 valence electrons. The highest BCUT2D eigenvalue weighted by molar-refractivity contribution is 5.80. The molecule has 0 spiro atoms. The van der Waals surface area contributed by atoms with Crippen molar-refractivity contribution in [2.45, 2.75) is 64.4 Å². The van der Waals surface area contributed by atoms with Gasteiger partial charge in [-0.25, -0.2) is 4.68 Å². The molecule has 1 aromatic carbocycles. The number of hydrogen-bond donors (Lipinski definition) is 1. The van der Waals surface area contributed by atoms with Gasteiger partial charge in [-0.05, 0) is 67.3 Å². The Bertz CT molecular complexity index is 1150. The van der Waals surface area contributed by atoms with E-state index in [0.717, 1.165) is 61.4 Å². The maximum absolute atomic E-state index is 12.9. The molecule has 0 amide bonds. The zero-order valence-electron chi connectivity index (χ0n) is 19.6. The minimum atomic E-state index is -0.0899. The van der Waals surface area contributed by atoms with Crippen LogP contribution in [0.15, 0.2) is 29.1 Å². The van der Waals surface area contributed by atoms with Gasteiger partial charge in [-0.1, -0.05) is 0 Å². The first kappa shape index (κ1) is 22.9. The second-order valence-electron chi connectivity index (χ2n) is 9.02. The summed E-state index contributed by atoms with van der Waals surface area (Å²) >= 11 is 0. The lowest BCUT2D eigenvalue weighted by molar-refractivity contribution is 0.0647. The van der Waals surface area contributed by atoms with E-state index >= 15 is 0 Å². The van der Waals surface area contributed by atoms with E-state index in [1.807, 2.05) is 35.9 Å². The molecule has 2 aliphatic rings. The molecule has 1 N–H and O–H groups in total. The van der Waals surface area contributed by atoms with Gasteiger partial charge in [-0.15, -0.1) is 5.10 Å². The number of rotatable bonds is 10. The van der Waals surface area contributed by atoms with Crippen molar-refractivity contribution in [2.24, 2.45) is 0 Å². The van der Waals surface area contributed by atoms with E-state index in [1.54, 1.807) is 0 Å². The molecule has 10 nitrogen and oxygen atoms in total. The Morgan fingerprint density at radius 1 is 1.15 bits per heavy atom. The first-order valence-corrected chi connectivity index (χ1v) is 12.2. The molecule has 2 atom stereocenters. The number of benzene rings is 1. The number of pyridine rings is 1. The van der Waals surface area contributed by atoms with Gasteiger partial charge in [0.2, 0.25) is 0 Å². The van der Waals surface area contributed by atoms with E-state index in [-0.39, 0.29) is 17.8 Å². The Balaban J connectivity index is 1.38. The van der Waals surface area contributed by atoms with Gasteiger partial charge in [0, 0.05) is 42.8 Å². The van der Waals surface area contributed by atoms with Crippen LogP contribution in [0.25, 0.3) is 10.9 Å². The molecule has 0 saturated carbocycles. The molecule has 10 heteroatoms. The predicted octanol–water partition coefficient (Wildman–Crippen LogP) is 2.27. The van der Waals surface area contributed by atoms with Crippen LogP contribution in [0.1, 0.15) is 44.0 Å². The third kappa shape index (κ3) is 5.45. The second-order valence-corrected chi connectivity index (χ2v) is 9.02. The van der Waals surface area contributed by atoms with Gasteiger partial charge in [0.25, 0.3) is 5.56 Å². The molecule has 0 radical (unpaired) electrons. The summed E-state index contributed by atoms with van der Waals surface area (Å²) in [6.45, 7) is 6.48. The molecule has 2 saturated heterocycles. The van der Waals surface area contributed by atoms with Crippen molar-refractivity contribution in [1.29, 1.82) is 0 Å². The molecule has 2 aliphatic heterocycles. The number of aromatic amines is 1. The molecule has 2 aromatic heterocycles. The van der Waals surface area contributed by atoms with Gasteiger partial charge in [0.1, 0.15) is 5.75 Å². The molecule has 0 aliphatic carbocycles. The van der Waals surface area contributed by atoms with Crippen molar-refractivity contribution in [3.8, 4) is 5.75 Å². The van der Waals surface area contributed by atoms with E-state index in [0.29, 0.717) is 38.3 Å². The van der Waals surface area contributed by atoms with Crippen LogP contribution in [-0.4, -0.2) is 68.7 Å². The molecular weight excluding hydrogens is 436 g/mol. The molecular formula is C24H32N6O4. The number of tetrazole rings is 1. The summed E-state index contributed by atoms with van der Waals surface area (Å²) in [5, 5.41) is 13.3. The zero-order valence-corrected chi connectivity index (χ0v) is 19.6. The zero-order chi connectivity index (χ0) is 23.3. The number of nitrogens with zero attached hydrogens (tertiary/aromatic N) is 5. The molecule has 4 heterocycles. The summed E-state index contributed by atoms with van der Waals surface area (Å²) in [6, 6.07) is 7.67. The molecule has 34 heavy (non-hydrogen) atoms. The first-order valence-electron chi connectivity index (χ1n) is 12.2. The van der Waals surface area contributed by atoms with Crippen LogP contribution in [0.4, 0.5) is 0 Å². The van der Waals surface area contributed by atoms with Gasteiger partial charge < -0.3 is 19.2 Å². The summed E-state index contributed by atoms with van der Waals surface area (Å²) in [4.78, 5) is 18.1. The number of ether oxygens (including phenoxy) is 3. The van der Waals surface area contributed by atoms with Crippen LogP contribution in [0, 0.1) is 0 Å². The Morgan fingerprint density at radius 2 is 1.97 bits per heavy atom. The van der Waals surface area contributed by atoms with Gasteiger partial charge in [-0.3, -0.25) is 9.69 Å². The minimum Gasteiger partial charge on any atom is -0.494 e. The summed E-state index contributed by atoms with van der Waals surface area (Å²) in [5.74, 6) is 1.56. The fourth-order valence-corrected chi connectivity index (χ4v) is 4.77. The van der Waals surface area contributed by atoms with Crippen molar-refractivity contribution in [1.82, 2.24) is 30.1 Å². The Kier molecular flexibility index (Phi) is 7.17. The van der Waals surface area contributed by atoms with Crippen LogP contribution >= 0.6 is 0 Å². The van der Waals surface area contributed by atoms with Crippen LogP contribution in [0.2, 0.25) is 0 Å². The fourth-order valence-electron chi connectivity index (χ4n) is 4.77. The van der Waals surface area contributed by atoms with Gasteiger partial charge in [-0.2, -0.15) is 0 Å². The van der Waals surface area contributed by atoms with E-state index in [4.69, 9.17) is 14.2 Å². The van der Waals surface area contributed by atoms with Crippen LogP contribution in [-0.2, 0) is 29.1 Å². The summed E-state index contributed by atoms with van der Waals surface area (Å²) in [6.07, 6.45) is 4.47. The maximum atomic E-state index is 12.9. The molecule has 0 unspecified atom stereocenters. The highest BCUT2D eigenvalue weighted by Gasteiger charge is 2.24. The predicted molar refractivity (Wildman–Crippen MR) is 126 cm³/mol. The minimum absolute atomic E-state index is 0.0899. The molecule has 2 fully saturated rings. The Morgan fingerprint density at radius 3 is 2.74 bits per heavy atom. The monoisotopic (exact) mass is 468 g/mol. The maximum Gasteiger partial charge on any atom is 0.252 e. The summed E-state index contributed by atoms with van der Waals surface area (Å²) in [7, 11) is 0. The van der Waals surface area contributed by atoms with Crippen molar-refractivity contribution < 1.29 is 14.2 Å². The standard InChI is InChI=1S/C24H32N6O4/c1-2-32-19-7-8-22-17(12-19)11-18(24(31)25-22)13-29(14-20-5-3-9-33-20)16-23-26-27-28-30(23)15-21-6-4-10-34-21/h7-8,11-12,20-21H,2-6,9-10,13-16H2,1H3,(H,25,31)/t20-,21-/m0/s1. The summed E-state index contributed by atoms with van der Waals surface area (Å²) < 4.78 is 19.1. The average Bonchev–Trinajstić information content (AvgIpc) is 3.60. The Labute approximate surface area is 198 Å². The van der Waals surface area contributed by atoms with Crippen molar-refractivity contribution in [3.05, 3.63) is 46.0 Å². The van der Waals surface area contributed by atoms with Gasteiger partial charge in [0.05, 0.1) is 31.9 Å². The average molecular weight is 469 g/mol. The number of H-pyrrole nitrogens is 1. The summed E-state index contributed by atoms with van der Waals surface area (Å²) in [5.41, 5.74) is 1.40. The topological polar surface area (TPSA) is 107 Å². The van der Waals surface area contributed by atoms with Gasteiger partial charge >= 0.3 is 0 Å². The smallest absolute Gasteiger partial charge is 0.252 e. The number of aromatic nitrogens is 5. The Hall–Kier alpha value is -2.82. The van der Waals surface area contributed by atoms with Crippen molar-refractivity contribution in [3.63, 3.8) is 0 Å². The van der Waals surface area contributed by atoms with Crippen LogP contribution < -0.4 is 10.3 Å². The quantitative estimate of drug-likeness (QED) is 0.483. The van der Waals surface area contributed by atoms with E-state index in [2.05, 4.69) is 25.4 Å². The van der Waals surface area contributed by atoms with E-state index < -0.39 is 0 Å². The van der Waals surface area contributed by atoms with Crippen molar-refractivity contribution >= 4 is 10.9 Å². The van der Waals surface area contributed by atoms with E-state index in [9.17, 15) is 4.79 Å². The highest BCUT2D eigenvalue weighted by atomic mass is 16.5. The third-order valence-corrected chi connectivity index (χ3v) is 6.46. The van der Waals surface area contributed by atoms with E-state index in [1.165, 1.54) is 0 Å². The number of fused-ring (bicyclic) bond motifs is 1. The number of hydrogen-bond acceptors (Lipinski definition) is 8. The fraction of sp³-hybridized carbons (Fsp3) is 0.583.